The van der Waals surface area contributed by atoms with Crippen molar-refractivity contribution >= 4 is 11.1 Å². The summed E-state index contributed by atoms with van der Waals surface area (Å²) in [5.74, 6) is 0.677. The first-order chi connectivity index (χ1) is 11.7. The van der Waals surface area contributed by atoms with Crippen molar-refractivity contribution in [1.29, 1.82) is 0 Å². The summed E-state index contributed by atoms with van der Waals surface area (Å²) >= 11 is 0. The van der Waals surface area contributed by atoms with E-state index in [0.717, 1.165) is 36.3 Å². The van der Waals surface area contributed by atoms with Crippen LogP contribution in [0.15, 0.2) is 52.9 Å². The predicted octanol–water partition coefficient (Wildman–Crippen LogP) is 4.10. The number of hydrogen-bond donors (Lipinski definition) is 0. The summed E-state index contributed by atoms with van der Waals surface area (Å²) in [4.78, 5) is 7.10. The van der Waals surface area contributed by atoms with Gasteiger partial charge in [0.05, 0.1) is 12.2 Å². The third kappa shape index (κ3) is 3.21. The van der Waals surface area contributed by atoms with E-state index < -0.39 is 0 Å². The average molecular weight is 322 g/mol. The molecule has 4 heteroatoms. The Morgan fingerprint density at radius 2 is 1.79 bits per heavy atom. The first-order valence-electron chi connectivity index (χ1n) is 8.50. The molecule has 2 atom stereocenters. The minimum absolute atomic E-state index is 0.286. The minimum Gasteiger partial charge on any atom is -0.436 e. The molecule has 2 heterocycles. The lowest BCUT2D eigenvalue weighted by atomic mass is 10.1. The van der Waals surface area contributed by atoms with Gasteiger partial charge in [-0.1, -0.05) is 24.3 Å². The Hall–Kier alpha value is -2.17. The summed E-state index contributed by atoms with van der Waals surface area (Å²) in [5.41, 5.74) is 4.02. The van der Waals surface area contributed by atoms with Crippen molar-refractivity contribution in [3.8, 4) is 11.5 Å². The maximum Gasteiger partial charge on any atom is 0.227 e. The summed E-state index contributed by atoms with van der Waals surface area (Å²) in [6, 6.07) is 16.3. The Morgan fingerprint density at radius 1 is 1.04 bits per heavy atom. The molecule has 4 rings (SSSR count). The van der Waals surface area contributed by atoms with Crippen LogP contribution in [-0.2, 0) is 11.3 Å². The molecule has 0 N–H and O–H groups in total. The van der Waals surface area contributed by atoms with E-state index in [9.17, 15) is 0 Å². The van der Waals surface area contributed by atoms with Crippen LogP contribution in [0.3, 0.4) is 0 Å². The molecule has 0 unspecified atom stereocenters. The van der Waals surface area contributed by atoms with Crippen LogP contribution in [-0.4, -0.2) is 35.2 Å². The second-order valence-electron chi connectivity index (χ2n) is 6.64. The summed E-state index contributed by atoms with van der Waals surface area (Å²) in [7, 11) is 0. The van der Waals surface area contributed by atoms with E-state index in [-0.39, 0.29) is 12.2 Å². The fraction of sp³-hybridized carbons (Fsp3) is 0.350. The molecule has 0 saturated carbocycles. The second kappa shape index (κ2) is 6.38. The first kappa shape index (κ1) is 15.4. The van der Waals surface area contributed by atoms with Gasteiger partial charge in [-0.2, -0.15) is 0 Å². The Kier molecular flexibility index (Phi) is 4.08. The van der Waals surface area contributed by atoms with E-state index in [0.29, 0.717) is 5.89 Å². The molecule has 4 nitrogen and oxygen atoms in total. The third-order valence-electron chi connectivity index (χ3n) is 4.37. The fourth-order valence-electron chi connectivity index (χ4n) is 3.45. The highest BCUT2D eigenvalue weighted by Crippen LogP contribution is 2.25. The molecule has 1 aliphatic heterocycles. The van der Waals surface area contributed by atoms with Crippen LogP contribution in [0, 0.1) is 0 Å². The van der Waals surface area contributed by atoms with Crippen molar-refractivity contribution in [2.75, 3.05) is 13.1 Å². The zero-order valence-corrected chi connectivity index (χ0v) is 14.1. The molecule has 2 aromatic carbocycles. The Bertz CT molecular complexity index is 818. The second-order valence-corrected chi connectivity index (χ2v) is 6.64. The molecule has 1 saturated heterocycles. The van der Waals surface area contributed by atoms with E-state index >= 15 is 0 Å². The number of hydrogen-bond acceptors (Lipinski definition) is 4. The Morgan fingerprint density at radius 3 is 2.54 bits per heavy atom. The predicted molar refractivity (Wildman–Crippen MR) is 94.7 cm³/mol. The number of rotatable bonds is 3. The number of oxazole rings is 1. The SMILES string of the molecule is C[C@@H]1CN(Cc2ccc3oc(-c4ccccc4)nc3c2)C[C@H](C)O1. The number of nitrogens with zero attached hydrogens (tertiary/aromatic N) is 2. The van der Waals surface area contributed by atoms with E-state index in [1.54, 1.807) is 0 Å². The molecule has 0 radical (unpaired) electrons. The lowest BCUT2D eigenvalue weighted by Gasteiger charge is -2.35. The van der Waals surface area contributed by atoms with E-state index in [1.165, 1.54) is 5.56 Å². The van der Waals surface area contributed by atoms with E-state index in [2.05, 4.69) is 35.9 Å². The monoisotopic (exact) mass is 322 g/mol. The van der Waals surface area contributed by atoms with Crippen LogP contribution in [0.2, 0.25) is 0 Å². The third-order valence-corrected chi connectivity index (χ3v) is 4.37. The largest absolute Gasteiger partial charge is 0.436 e. The van der Waals surface area contributed by atoms with Gasteiger partial charge in [0.2, 0.25) is 5.89 Å². The number of aromatic nitrogens is 1. The average Bonchev–Trinajstić information content (AvgIpc) is 2.98. The minimum atomic E-state index is 0.286. The summed E-state index contributed by atoms with van der Waals surface area (Å²) < 4.78 is 11.7. The molecule has 0 bridgehead atoms. The van der Waals surface area contributed by atoms with E-state index in [4.69, 9.17) is 9.15 Å². The normalized spacial score (nSPS) is 22.1. The van der Waals surface area contributed by atoms with Crippen LogP contribution < -0.4 is 0 Å². The summed E-state index contributed by atoms with van der Waals surface area (Å²) in [5, 5.41) is 0. The molecular weight excluding hydrogens is 300 g/mol. The van der Waals surface area contributed by atoms with Gasteiger partial charge >= 0.3 is 0 Å². The lowest BCUT2D eigenvalue weighted by Crippen LogP contribution is -2.44. The summed E-state index contributed by atoms with van der Waals surface area (Å²) in [6.07, 6.45) is 0.573. The van der Waals surface area contributed by atoms with Crippen molar-refractivity contribution in [2.45, 2.75) is 32.6 Å². The molecule has 1 fully saturated rings. The maximum absolute atomic E-state index is 5.89. The highest BCUT2D eigenvalue weighted by molar-refractivity contribution is 5.76. The van der Waals surface area contributed by atoms with Gasteiger partial charge in [-0.05, 0) is 43.7 Å². The highest BCUT2D eigenvalue weighted by atomic mass is 16.5. The zero-order valence-electron chi connectivity index (χ0n) is 14.1. The van der Waals surface area contributed by atoms with Gasteiger partial charge in [-0.25, -0.2) is 4.98 Å². The molecule has 0 spiro atoms. The standard InChI is InChI=1S/C20H22N2O2/c1-14-11-22(12-15(2)23-14)13-16-8-9-19-18(10-16)21-20(24-19)17-6-4-3-5-7-17/h3-10,14-15H,11-13H2,1-2H3/t14-,15+. The van der Waals surface area contributed by atoms with Crippen molar-refractivity contribution in [2.24, 2.45) is 0 Å². The van der Waals surface area contributed by atoms with Crippen molar-refractivity contribution in [3.63, 3.8) is 0 Å². The van der Waals surface area contributed by atoms with Crippen molar-refractivity contribution in [3.05, 3.63) is 54.1 Å². The van der Waals surface area contributed by atoms with Gasteiger partial charge in [0.15, 0.2) is 5.58 Å². The van der Waals surface area contributed by atoms with Crippen LogP contribution in [0.5, 0.6) is 0 Å². The van der Waals surface area contributed by atoms with Gasteiger partial charge in [0.25, 0.3) is 0 Å². The number of morpholine rings is 1. The molecular formula is C20H22N2O2. The van der Waals surface area contributed by atoms with Crippen LogP contribution in [0.4, 0.5) is 0 Å². The molecule has 1 aliphatic rings. The number of benzene rings is 2. The highest BCUT2D eigenvalue weighted by Gasteiger charge is 2.22. The molecule has 0 aliphatic carbocycles. The Balaban J connectivity index is 1.57. The number of ether oxygens (including phenoxy) is 1. The summed E-state index contributed by atoms with van der Waals surface area (Å²) in [6.45, 7) is 7.12. The van der Waals surface area contributed by atoms with Gasteiger partial charge in [0, 0.05) is 25.2 Å². The molecule has 24 heavy (non-hydrogen) atoms. The van der Waals surface area contributed by atoms with Gasteiger partial charge in [-0.3, -0.25) is 4.90 Å². The smallest absolute Gasteiger partial charge is 0.227 e. The molecule has 3 aromatic rings. The Labute approximate surface area is 142 Å². The number of fused-ring (bicyclic) bond motifs is 1. The van der Waals surface area contributed by atoms with Crippen molar-refractivity contribution in [1.82, 2.24) is 9.88 Å². The first-order valence-corrected chi connectivity index (χ1v) is 8.50. The quantitative estimate of drug-likeness (QED) is 0.727. The van der Waals surface area contributed by atoms with Crippen LogP contribution in [0.1, 0.15) is 19.4 Å². The van der Waals surface area contributed by atoms with E-state index in [1.807, 2.05) is 36.4 Å². The van der Waals surface area contributed by atoms with Crippen LogP contribution in [0.25, 0.3) is 22.6 Å². The molecule has 1 aromatic heterocycles. The molecule has 124 valence electrons. The topological polar surface area (TPSA) is 38.5 Å². The van der Waals surface area contributed by atoms with Gasteiger partial charge in [0.1, 0.15) is 5.52 Å². The molecule has 0 amide bonds. The maximum atomic E-state index is 5.89. The van der Waals surface area contributed by atoms with Crippen molar-refractivity contribution < 1.29 is 9.15 Å². The fourth-order valence-corrected chi connectivity index (χ4v) is 3.45. The lowest BCUT2D eigenvalue weighted by molar-refractivity contribution is -0.0704. The zero-order chi connectivity index (χ0) is 16.5. The van der Waals surface area contributed by atoms with Gasteiger partial charge < -0.3 is 9.15 Å². The van der Waals surface area contributed by atoms with Gasteiger partial charge in [-0.15, -0.1) is 0 Å². The van der Waals surface area contributed by atoms with Crippen LogP contribution >= 0.6 is 0 Å².